The monoisotopic (exact) mass is 176 g/mol. The van der Waals surface area contributed by atoms with Gasteiger partial charge in [0.2, 0.25) is 0 Å². The molecule has 0 aromatic rings. The highest BCUT2D eigenvalue weighted by molar-refractivity contribution is 5.07. The second kappa shape index (κ2) is 4.42. The summed E-state index contributed by atoms with van der Waals surface area (Å²) in [6.45, 7) is 5.65. The molecule has 0 heterocycles. The van der Waals surface area contributed by atoms with Crippen LogP contribution in [0.15, 0.2) is 0 Å². The summed E-state index contributed by atoms with van der Waals surface area (Å²) >= 11 is 0. The Morgan fingerprint density at radius 3 is 2.17 bits per heavy atom. The molecule has 1 N–H and O–H groups in total. The summed E-state index contributed by atoms with van der Waals surface area (Å²) in [4.78, 5) is 0. The Balaban J connectivity index is 3.87. The first-order chi connectivity index (χ1) is 5.33. The number of halogens is 2. The summed E-state index contributed by atoms with van der Waals surface area (Å²) in [6, 6.07) is 0. The number of alkyl halides is 2. The fourth-order valence-corrected chi connectivity index (χ4v) is 0.510. The zero-order valence-electron chi connectivity index (χ0n) is 7.56. The van der Waals surface area contributed by atoms with Crippen molar-refractivity contribution in [2.75, 3.05) is 0 Å². The summed E-state index contributed by atoms with van der Waals surface area (Å²) in [5.74, 6) is 5.29. The van der Waals surface area contributed by atoms with Crippen LogP contribution in [-0.2, 0) is 0 Å². The fourth-order valence-electron chi connectivity index (χ4n) is 0.510. The normalized spacial score (nSPS) is 13.9. The second-order valence-corrected chi connectivity index (χ2v) is 3.66. The van der Waals surface area contributed by atoms with E-state index >= 15 is 0 Å². The van der Waals surface area contributed by atoms with Crippen LogP contribution in [0.4, 0.5) is 8.78 Å². The molecule has 0 aromatic carbocycles. The molecule has 0 amide bonds. The van der Waals surface area contributed by atoms with Crippen molar-refractivity contribution in [3.63, 3.8) is 0 Å². The summed E-state index contributed by atoms with van der Waals surface area (Å²) in [7, 11) is 0. The standard InChI is InChI=1S/C9H14F2O/c1-9(2,3)6-4-5-7(12)8(10)11/h7-8,12H,5H2,1-3H3. The molecule has 0 aliphatic heterocycles. The van der Waals surface area contributed by atoms with Crippen LogP contribution in [0, 0.1) is 17.3 Å². The lowest BCUT2D eigenvalue weighted by atomic mass is 9.98. The molecule has 12 heavy (non-hydrogen) atoms. The molecule has 0 spiro atoms. The molecule has 0 aromatic heterocycles. The van der Waals surface area contributed by atoms with Crippen molar-refractivity contribution < 1.29 is 13.9 Å². The molecule has 3 heteroatoms. The first kappa shape index (κ1) is 11.4. The van der Waals surface area contributed by atoms with E-state index in [-0.39, 0.29) is 11.8 Å². The van der Waals surface area contributed by atoms with Crippen molar-refractivity contribution in [2.24, 2.45) is 5.41 Å². The molecule has 1 atom stereocenters. The summed E-state index contributed by atoms with van der Waals surface area (Å²) in [6.07, 6.45) is -4.46. The van der Waals surface area contributed by atoms with Gasteiger partial charge in [0, 0.05) is 11.8 Å². The van der Waals surface area contributed by atoms with E-state index in [0.29, 0.717) is 0 Å². The maximum absolute atomic E-state index is 11.7. The molecule has 0 saturated heterocycles. The molecule has 0 radical (unpaired) electrons. The molecule has 0 rings (SSSR count). The fraction of sp³-hybridized carbons (Fsp3) is 0.778. The van der Waals surface area contributed by atoms with Gasteiger partial charge >= 0.3 is 0 Å². The van der Waals surface area contributed by atoms with Gasteiger partial charge < -0.3 is 5.11 Å². The van der Waals surface area contributed by atoms with E-state index in [9.17, 15) is 8.78 Å². The minimum atomic E-state index is -2.70. The molecule has 1 unspecified atom stereocenters. The first-order valence-corrected chi connectivity index (χ1v) is 3.79. The van der Waals surface area contributed by atoms with Gasteiger partial charge in [-0.25, -0.2) is 8.78 Å². The van der Waals surface area contributed by atoms with E-state index in [1.165, 1.54) is 0 Å². The average molecular weight is 176 g/mol. The minimum Gasteiger partial charge on any atom is -0.386 e. The zero-order chi connectivity index (χ0) is 9.78. The molecule has 1 nitrogen and oxygen atoms in total. The summed E-state index contributed by atoms with van der Waals surface area (Å²) < 4.78 is 23.5. The van der Waals surface area contributed by atoms with Crippen LogP contribution in [0.1, 0.15) is 27.2 Å². The van der Waals surface area contributed by atoms with Crippen LogP contribution in [0.3, 0.4) is 0 Å². The third-order valence-electron chi connectivity index (χ3n) is 1.07. The van der Waals surface area contributed by atoms with Gasteiger partial charge in [0.1, 0.15) is 6.10 Å². The zero-order valence-corrected chi connectivity index (χ0v) is 7.56. The Morgan fingerprint density at radius 2 is 1.83 bits per heavy atom. The number of aliphatic hydroxyl groups is 1. The van der Waals surface area contributed by atoms with E-state index in [0.717, 1.165) is 0 Å². The molecule has 0 saturated carbocycles. The van der Waals surface area contributed by atoms with Crippen molar-refractivity contribution >= 4 is 0 Å². The third-order valence-corrected chi connectivity index (χ3v) is 1.07. The number of rotatable bonds is 2. The molecule has 0 aliphatic carbocycles. The predicted molar refractivity (Wildman–Crippen MR) is 43.9 cm³/mol. The van der Waals surface area contributed by atoms with Gasteiger partial charge in [0.15, 0.2) is 0 Å². The topological polar surface area (TPSA) is 20.2 Å². The van der Waals surface area contributed by atoms with Gasteiger partial charge in [-0.2, -0.15) is 0 Å². The molecular weight excluding hydrogens is 162 g/mol. The highest BCUT2D eigenvalue weighted by Gasteiger charge is 2.14. The van der Waals surface area contributed by atoms with Crippen molar-refractivity contribution in [2.45, 2.75) is 39.7 Å². The average Bonchev–Trinajstić information content (AvgIpc) is 1.84. The van der Waals surface area contributed by atoms with Crippen LogP contribution >= 0.6 is 0 Å². The lowest BCUT2D eigenvalue weighted by molar-refractivity contribution is -0.000955. The lowest BCUT2D eigenvalue weighted by Crippen LogP contribution is -2.16. The van der Waals surface area contributed by atoms with Gasteiger partial charge in [-0.05, 0) is 20.8 Å². The molecule has 0 bridgehead atoms. The largest absolute Gasteiger partial charge is 0.386 e. The van der Waals surface area contributed by atoms with Crippen molar-refractivity contribution in [1.29, 1.82) is 0 Å². The van der Waals surface area contributed by atoms with Crippen LogP contribution in [0.2, 0.25) is 0 Å². The quantitative estimate of drug-likeness (QED) is 0.638. The predicted octanol–water partition coefficient (Wildman–Crippen LogP) is 2.05. The highest BCUT2D eigenvalue weighted by atomic mass is 19.3. The van der Waals surface area contributed by atoms with E-state index in [1.807, 2.05) is 20.8 Å². The highest BCUT2D eigenvalue weighted by Crippen LogP contribution is 2.10. The van der Waals surface area contributed by atoms with Gasteiger partial charge in [-0.3, -0.25) is 0 Å². The SMILES string of the molecule is CC(C)(C)C#CCC(O)C(F)F. The third kappa shape index (κ3) is 6.11. The Labute approximate surface area is 71.8 Å². The smallest absolute Gasteiger partial charge is 0.265 e. The van der Waals surface area contributed by atoms with Crippen LogP contribution < -0.4 is 0 Å². The van der Waals surface area contributed by atoms with E-state index in [4.69, 9.17) is 5.11 Å². The Kier molecular flexibility index (Phi) is 4.19. The summed E-state index contributed by atoms with van der Waals surface area (Å²) in [5, 5.41) is 8.67. The van der Waals surface area contributed by atoms with Gasteiger partial charge in [0.25, 0.3) is 6.43 Å². The van der Waals surface area contributed by atoms with Crippen LogP contribution in [0.5, 0.6) is 0 Å². The van der Waals surface area contributed by atoms with Gasteiger partial charge in [-0.15, -0.1) is 0 Å². The number of hydrogen-bond donors (Lipinski definition) is 1. The van der Waals surface area contributed by atoms with Crippen molar-refractivity contribution in [3.8, 4) is 11.8 Å². The van der Waals surface area contributed by atoms with Crippen LogP contribution in [-0.4, -0.2) is 17.6 Å². The Morgan fingerprint density at radius 1 is 1.33 bits per heavy atom. The number of aliphatic hydroxyl groups excluding tert-OH is 1. The maximum Gasteiger partial charge on any atom is 0.265 e. The Bertz CT molecular complexity index is 183. The van der Waals surface area contributed by atoms with Gasteiger partial charge in [-0.1, -0.05) is 11.8 Å². The lowest BCUT2D eigenvalue weighted by Gasteiger charge is -2.08. The van der Waals surface area contributed by atoms with Crippen LogP contribution in [0.25, 0.3) is 0 Å². The van der Waals surface area contributed by atoms with E-state index < -0.39 is 12.5 Å². The second-order valence-electron chi connectivity index (χ2n) is 3.66. The minimum absolute atomic E-state index is 0.158. The molecule has 0 aliphatic rings. The van der Waals surface area contributed by atoms with Crippen molar-refractivity contribution in [1.82, 2.24) is 0 Å². The summed E-state index contributed by atoms with van der Waals surface area (Å²) in [5.41, 5.74) is -0.193. The van der Waals surface area contributed by atoms with E-state index in [1.54, 1.807) is 0 Å². The Hall–Kier alpha value is -0.620. The molecule has 70 valence electrons. The first-order valence-electron chi connectivity index (χ1n) is 3.79. The number of hydrogen-bond acceptors (Lipinski definition) is 1. The maximum atomic E-state index is 11.7. The molecular formula is C9H14F2O. The van der Waals surface area contributed by atoms with E-state index in [2.05, 4.69) is 11.8 Å². The van der Waals surface area contributed by atoms with Crippen molar-refractivity contribution in [3.05, 3.63) is 0 Å². The van der Waals surface area contributed by atoms with Gasteiger partial charge in [0.05, 0.1) is 0 Å². The molecule has 0 fully saturated rings.